The number of amides is 2. The molecule has 43 heavy (non-hydrogen) atoms. The van der Waals surface area contributed by atoms with E-state index in [2.05, 4.69) is 15.8 Å². The Bertz CT molecular complexity index is 1740. The first kappa shape index (κ1) is 30.8. The van der Waals surface area contributed by atoms with E-state index in [4.69, 9.17) is 9.47 Å². The van der Waals surface area contributed by atoms with Gasteiger partial charge >= 0.3 is 0 Å². The van der Waals surface area contributed by atoms with Gasteiger partial charge in [0.1, 0.15) is 18.0 Å². The molecule has 0 heterocycles. The van der Waals surface area contributed by atoms with E-state index in [-0.39, 0.29) is 22.2 Å². The lowest BCUT2D eigenvalue weighted by atomic mass is 10.1. The van der Waals surface area contributed by atoms with Gasteiger partial charge in [0.25, 0.3) is 21.8 Å². The van der Waals surface area contributed by atoms with Crippen LogP contribution >= 0.6 is 0 Å². The summed E-state index contributed by atoms with van der Waals surface area (Å²) >= 11 is 0. The molecule has 0 aliphatic heterocycles. The Kier molecular flexibility index (Phi) is 9.79. The fraction of sp³-hybridized carbons (Fsp3) is 0.156. The van der Waals surface area contributed by atoms with Crippen molar-refractivity contribution in [1.29, 1.82) is 0 Å². The molecule has 0 fully saturated rings. The third-order valence-electron chi connectivity index (χ3n) is 6.47. The molecule has 0 unspecified atom stereocenters. The summed E-state index contributed by atoms with van der Waals surface area (Å²) in [5, 5.41) is 7.03. The number of hydrogen-bond donors (Lipinski definition) is 2. The number of carbonyl (C=O) groups is 2. The van der Waals surface area contributed by atoms with Crippen LogP contribution in [0, 0.1) is 6.92 Å². The van der Waals surface area contributed by atoms with Gasteiger partial charge in [-0.1, -0.05) is 48.0 Å². The van der Waals surface area contributed by atoms with Crippen molar-refractivity contribution in [2.24, 2.45) is 5.10 Å². The minimum absolute atomic E-state index is 0.0119. The number of anilines is 2. The highest BCUT2D eigenvalue weighted by atomic mass is 32.2. The monoisotopic (exact) mass is 600 g/mol. The fourth-order valence-corrected chi connectivity index (χ4v) is 5.55. The summed E-state index contributed by atoms with van der Waals surface area (Å²) in [6.07, 6.45) is 0. The Morgan fingerprint density at radius 2 is 1.53 bits per heavy atom. The van der Waals surface area contributed by atoms with Crippen LogP contribution in [0.4, 0.5) is 11.4 Å². The molecule has 0 spiro atoms. The number of benzene rings is 4. The smallest absolute Gasteiger partial charge is 0.264 e. The normalized spacial score (nSPS) is 11.4. The largest absolute Gasteiger partial charge is 0.497 e. The molecule has 0 aromatic heterocycles. The highest BCUT2D eigenvalue weighted by molar-refractivity contribution is 7.92. The minimum atomic E-state index is -4.19. The van der Waals surface area contributed by atoms with Crippen molar-refractivity contribution < 1.29 is 27.5 Å². The van der Waals surface area contributed by atoms with Gasteiger partial charge < -0.3 is 14.8 Å². The molecule has 222 valence electrons. The first-order valence-corrected chi connectivity index (χ1v) is 14.7. The lowest BCUT2D eigenvalue weighted by Gasteiger charge is -2.25. The van der Waals surface area contributed by atoms with Crippen molar-refractivity contribution in [1.82, 2.24) is 5.43 Å². The Balaban J connectivity index is 1.56. The summed E-state index contributed by atoms with van der Waals surface area (Å²) in [5.74, 6) is -0.275. The fourth-order valence-electron chi connectivity index (χ4n) is 4.12. The quantitative estimate of drug-likeness (QED) is 0.184. The number of ether oxygens (including phenoxy) is 2. The maximum atomic E-state index is 13.8. The number of hydrazone groups is 1. The highest BCUT2D eigenvalue weighted by Crippen LogP contribution is 2.35. The number of rotatable bonds is 11. The Labute approximate surface area is 251 Å². The van der Waals surface area contributed by atoms with Gasteiger partial charge in [0.15, 0.2) is 0 Å². The second kappa shape index (κ2) is 13.7. The lowest BCUT2D eigenvalue weighted by molar-refractivity contribution is -0.119. The van der Waals surface area contributed by atoms with Crippen molar-refractivity contribution in [3.63, 3.8) is 0 Å². The van der Waals surface area contributed by atoms with Gasteiger partial charge in [-0.05, 0) is 67.9 Å². The number of nitrogens with one attached hydrogen (secondary N) is 2. The molecule has 0 atom stereocenters. The topological polar surface area (TPSA) is 126 Å². The predicted molar refractivity (Wildman–Crippen MR) is 166 cm³/mol. The van der Waals surface area contributed by atoms with Crippen LogP contribution in [-0.2, 0) is 14.8 Å². The van der Waals surface area contributed by atoms with E-state index in [1.807, 2.05) is 13.0 Å². The number of sulfonamides is 1. The van der Waals surface area contributed by atoms with Gasteiger partial charge in [-0.3, -0.25) is 13.9 Å². The summed E-state index contributed by atoms with van der Waals surface area (Å²) in [6, 6.07) is 26.8. The van der Waals surface area contributed by atoms with E-state index < -0.39 is 22.5 Å². The Hall–Kier alpha value is -5.16. The van der Waals surface area contributed by atoms with Crippen LogP contribution in [0.3, 0.4) is 0 Å². The van der Waals surface area contributed by atoms with Gasteiger partial charge in [-0.2, -0.15) is 5.10 Å². The highest BCUT2D eigenvalue weighted by Gasteiger charge is 2.29. The van der Waals surface area contributed by atoms with E-state index in [1.165, 1.54) is 38.5 Å². The van der Waals surface area contributed by atoms with Crippen LogP contribution in [0.15, 0.2) is 107 Å². The van der Waals surface area contributed by atoms with Gasteiger partial charge in [0.2, 0.25) is 0 Å². The predicted octanol–water partition coefficient (Wildman–Crippen LogP) is 5.00. The molecule has 0 radical (unpaired) electrons. The van der Waals surface area contributed by atoms with Crippen molar-refractivity contribution >= 4 is 38.9 Å². The third-order valence-corrected chi connectivity index (χ3v) is 8.25. The van der Waals surface area contributed by atoms with E-state index >= 15 is 0 Å². The summed E-state index contributed by atoms with van der Waals surface area (Å²) in [6.45, 7) is 2.95. The molecule has 2 amide bonds. The summed E-state index contributed by atoms with van der Waals surface area (Å²) in [5.41, 5.74) is 5.65. The third kappa shape index (κ3) is 7.57. The summed E-state index contributed by atoms with van der Waals surface area (Å²) in [4.78, 5) is 25.7. The molecule has 11 heteroatoms. The zero-order chi connectivity index (χ0) is 31.0. The van der Waals surface area contributed by atoms with Gasteiger partial charge in [0, 0.05) is 17.3 Å². The summed E-state index contributed by atoms with van der Waals surface area (Å²) < 4.78 is 39.2. The molecule has 4 aromatic rings. The number of carbonyl (C=O) groups excluding carboxylic acids is 2. The first-order valence-electron chi connectivity index (χ1n) is 13.2. The molecule has 0 bridgehead atoms. The second-order valence-electron chi connectivity index (χ2n) is 9.50. The number of hydrogen-bond acceptors (Lipinski definition) is 7. The van der Waals surface area contributed by atoms with E-state index in [9.17, 15) is 18.0 Å². The van der Waals surface area contributed by atoms with Crippen molar-refractivity contribution in [2.45, 2.75) is 18.7 Å². The maximum Gasteiger partial charge on any atom is 0.264 e. The molecular formula is C32H32N4O6S. The van der Waals surface area contributed by atoms with Crippen LogP contribution in [0.2, 0.25) is 0 Å². The SMILES string of the molecule is COc1ccc(N(CC(=O)N/N=C(/C)c2cccc(NC(=O)c3ccccc3)c2)S(=O)(=O)c2ccc(C)cc2)c(OC)c1. The second-order valence-corrected chi connectivity index (χ2v) is 11.4. The van der Waals surface area contributed by atoms with Gasteiger partial charge in [-0.25, -0.2) is 13.8 Å². The zero-order valence-corrected chi connectivity index (χ0v) is 25.0. The average Bonchev–Trinajstić information content (AvgIpc) is 3.02. The molecule has 0 saturated carbocycles. The first-order chi connectivity index (χ1) is 20.6. The van der Waals surface area contributed by atoms with Crippen LogP contribution in [-0.4, -0.2) is 46.7 Å². The lowest BCUT2D eigenvalue weighted by Crippen LogP contribution is -2.40. The van der Waals surface area contributed by atoms with Crippen LogP contribution in [0.5, 0.6) is 11.5 Å². The van der Waals surface area contributed by atoms with Gasteiger partial charge in [0.05, 0.1) is 30.5 Å². The van der Waals surface area contributed by atoms with E-state index in [0.717, 1.165) is 9.87 Å². The van der Waals surface area contributed by atoms with Crippen molar-refractivity contribution in [2.75, 3.05) is 30.4 Å². The average molecular weight is 601 g/mol. The molecule has 4 aromatic carbocycles. The van der Waals surface area contributed by atoms with Gasteiger partial charge in [-0.15, -0.1) is 0 Å². The van der Waals surface area contributed by atoms with E-state index in [1.54, 1.807) is 73.7 Å². The Morgan fingerprint density at radius 1 is 0.837 bits per heavy atom. The maximum absolute atomic E-state index is 13.8. The zero-order valence-electron chi connectivity index (χ0n) is 24.2. The number of methoxy groups -OCH3 is 2. The molecule has 4 rings (SSSR count). The molecule has 0 aliphatic carbocycles. The number of aryl methyl sites for hydroxylation is 1. The van der Waals surface area contributed by atoms with Crippen LogP contribution in [0.25, 0.3) is 0 Å². The standard InChI is InChI=1S/C32H32N4O6S/c1-22-13-16-28(17-14-22)43(39,40)36(29-18-15-27(41-3)20-30(29)42-4)21-31(37)35-34-23(2)25-11-8-12-26(19-25)33-32(38)24-9-6-5-7-10-24/h5-20H,21H2,1-4H3,(H,33,38)(H,35,37)/b34-23-. The molecule has 10 nitrogen and oxygen atoms in total. The van der Waals surface area contributed by atoms with Crippen molar-refractivity contribution in [3.05, 3.63) is 114 Å². The van der Waals surface area contributed by atoms with Crippen molar-refractivity contribution in [3.8, 4) is 11.5 Å². The molecule has 0 aliphatic rings. The Morgan fingerprint density at radius 3 is 2.21 bits per heavy atom. The van der Waals surface area contributed by atoms with E-state index in [0.29, 0.717) is 28.3 Å². The number of nitrogens with zero attached hydrogens (tertiary/aromatic N) is 2. The van der Waals surface area contributed by atoms with Crippen LogP contribution in [0.1, 0.15) is 28.4 Å². The molecule has 0 saturated heterocycles. The summed E-state index contributed by atoms with van der Waals surface area (Å²) in [7, 11) is -1.30. The molecule has 2 N–H and O–H groups in total. The molecular weight excluding hydrogens is 568 g/mol. The van der Waals surface area contributed by atoms with Crippen LogP contribution < -0.4 is 24.5 Å². The minimum Gasteiger partial charge on any atom is -0.497 e.